The monoisotopic (exact) mass is 319 g/mol. The smallest absolute Gasteiger partial charge is 0.407 e. The van der Waals surface area contributed by atoms with Gasteiger partial charge < -0.3 is 21.1 Å². The molecule has 23 heavy (non-hydrogen) atoms. The van der Waals surface area contributed by atoms with Gasteiger partial charge in [-0.3, -0.25) is 0 Å². The van der Waals surface area contributed by atoms with Crippen molar-refractivity contribution in [2.75, 3.05) is 11.9 Å². The van der Waals surface area contributed by atoms with E-state index in [1.54, 1.807) is 12.1 Å². The van der Waals surface area contributed by atoms with Crippen LogP contribution in [0.2, 0.25) is 0 Å². The Morgan fingerprint density at radius 2 is 1.91 bits per heavy atom. The van der Waals surface area contributed by atoms with Gasteiger partial charge in [-0.25, -0.2) is 9.59 Å². The molecule has 1 aromatic carbocycles. The lowest BCUT2D eigenvalue weighted by Crippen LogP contribution is -2.32. The number of hydrogen-bond acceptors (Lipinski definition) is 2. The van der Waals surface area contributed by atoms with Crippen LogP contribution in [0.15, 0.2) is 24.3 Å². The van der Waals surface area contributed by atoms with E-state index in [4.69, 9.17) is 5.73 Å². The van der Waals surface area contributed by atoms with Crippen LogP contribution in [0.1, 0.15) is 44.1 Å². The van der Waals surface area contributed by atoms with Crippen molar-refractivity contribution in [2.45, 2.75) is 45.1 Å². The third kappa shape index (κ3) is 5.47. The number of amides is 3. The van der Waals surface area contributed by atoms with Crippen LogP contribution in [0.25, 0.3) is 0 Å². The quantitative estimate of drug-likeness (QED) is 0.747. The molecule has 0 radical (unpaired) electrons. The zero-order valence-corrected chi connectivity index (χ0v) is 13.3. The van der Waals surface area contributed by atoms with E-state index in [0.717, 1.165) is 12.0 Å². The van der Waals surface area contributed by atoms with Gasteiger partial charge in [0.1, 0.15) is 0 Å². The topological polar surface area (TPSA) is 95.7 Å². The molecule has 3 amide bonds. The van der Waals surface area contributed by atoms with Crippen molar-refractivity contribution < 1.29 is 14.7 Å². The molecule has 1 aromatic rings. The van der Waals surface area contributed by atoms with Crippen LogP contribution in [0.5, 0.6) is 0 Å². The van der Waals surface area contributed by atoms with Crippen LogP contribution in [0.3, 0.4) is 0 Å². The van der Waals surface area contributed by atoms with Crippen LogP contribution >= 0.6 is 0 Å². The second-order valence-corrected chi connectivity index (χ2v) is 6.14. The molecule has 0 bridgehead atoms. The van der Waals surface area contributed by atoms with Gasteiger partial charge in [-0.05, 0) is 24.0 Å². The highest BCUT2D eigenvalue weighted by atomic mass is 16.4. The van der Waals surface area contributed by atoms with E-state index >= 15 is 0 Å². The van der Waals surface area contributed by atoms with Crippen molar-refractivity contribution in [3.63, 3.8) is 0 Å². The minimum atomic E-state index is -0.935. The van der Waals surface area contributed by atoms with Gasteiger partial charge in [-0.1, -0.05) is 50.3 Å². The molecule has 4 N–H and O–H groups in total. The Morgan fingerprint density at radius 1 is 1.22 bits per heavy atom. The molecular formula is C17H25N3O3. The Labute approximate surface area is 136 Å². The van der Waals surface area contributed by atoms with Gasteiger partial charge in [-0.2, -0.15) is 0 Å². The maximum Gasteiger partial charge on any atom is 0.407 e. The van der Waals surface area contributed by atoms with E-state index in [9.17, 15) is 14.7 Å². The molecule has 1 fully saturated rings. The minimum Gasteiger partial charge on any atom is -0.465 e. The summed E-state index contributed by atoms with van der Waals surface area (Å²) < 4.78 is 0. The molecular weight excluding hydrogens is 294 g/mol. The van der Waals surface area contributed by atoms with E-state index in [0.29, 0.717) is 18.2 Å². The molecule has 1 saturated carbocycles. The molecule has 0 spiro atoms. The number of anilines is 1. The summed E-state index contributed by atoms with van der Waals surface area (Å²) >= 11 is 0. The number of carbonyl (C=O) groups is 2. The largest absolute Gasteiger partial charge is 0.465 e. The first-order valence-electron chi connectivity index (χ1n) is 8.18. The Balaban J connectivity index is 1.98. The van der Waals surface area contributed by atoms with Gasteiger partial charge in [0.15, 0.2) is 0 Å². The van der Waals surface area contributed by atoms with Gasteiger partial charge in [0.05, 0.1) is 6.54 Å². The number of nitrogens with zero attached hydrogens (tertiary/aromatic N) is 1. The number of nitrogens with one attached hydrogen (secondary N) is 1. The van der Waals surface area contributed by atoms with Crippen LogP contribution in [-0.4, -0.2) is 28.7 Å². The standard InChI is InChI=1S/C17H25N3O3/c18-16(21)19-15-9-5-4-8-14(15)12-20(17(22)23)11-10-13-6-2-1-3-7-13/h4-5,8-9,13H,1-3,6-7,10-12H2,(H,22,23)(H3,18,19,21). The molecule has 2 rings (SSSR count). The second kappa shape index (κ2) is 8.41. The molecule has 0 aromatic heterocycles. The summed E-state index contributed by atoms with van der Waals surface area (Å²) in [6.07, 6.45) is 6.17. The highest BCUT2D eigenvalue weighted by Crippen LogP contribution is 2.27. The van der Waals surface area contributed by atoms with Crippen LogP contribution in [0.4, 0.5) is 15.3 Å². The summed E-state index contributed by atoms with van der Waals surface area (Å²) in [5.74, 6) is 0.629. The fraction of sp³-hybridized carbons (Fsp3) is 0.529. The van der Waals surface area contributed by atoms with Crippen molar-refractivity contribution >= 4 is 17.8 Å². The number of carboxylic acid groups (broad SMARTS) is 1. The molecule has 0 saturated heterocycles. The molecule has 126 valence electrons. The first-order chi connectivity index (χ1) is 11.1. The predicted molar refractivity (Wildman–Crippen MR) is 89.3 cm³/mol. The first-order valence-corrected chi connectivity index (χ1v) is 8.18. The SMILES string of the molecule is NC(=O)Nc1ccccc1CN(CCC1CCCCC1)C(=O)O. The number of rotatable bonds is 6. The fourth-order valence-electron chi connectivity index (χ4n) is 3.18. The fourth-order valence-corrected chi connectivity index (χ4v) is 3.18. The number of para-hydroxylation sites is 1. The molecule has 6 nitrogen and oxygen atoms in total. The van der Waals surface area contributed by atoms with Crippen molar-refractivity contribution in [3.05, 3.63) is 29.8 Å². The molecule has 6 heteroatoms. The van der Waals surface area contributed by atoms with Crippen molar-refractivity contribution in [2.24, 2.45) is 11.7 Å². The lowest BCUT2D eigenvalue weighted by molar-refractivity contribution is 0.137. The Hall–Kier alpha value is -2.24. The van der Waals surface area contributed by atoms with E-state index in [1.807, 2.05) is 12.1 Å². The maximum atomic E-state index is 11.5. The molecule has 0 heterocycles. The number of urea groups is 1. The number of primary amides is 1. The summed E-state index contributed by atoms with van der Waals surface area (Å²) in [7, 11) is 0. The van der Waals surface area contributed by atoms with Crippen LogP contribution in [-0.2, 0) is 6.54 Å². The van der Waals surface area contributed by atoms with E-state index in [-0.39, 0.29) is 6.54 Å². The van der Waals surface area contributed by atoms with Gasteiger partial charge in [0, 0.05) is 12.2 Å². The van der Waals surface area contributed by atoms with Gasteiger partial charge in [0.2, 0.25) is 0 Å². The van der Waals surface area contributed by atoms with Crippen LogP contribution < -0.4 is 11.1 Å². The number of benzene rings is 1. The number of carbonyl (C=O) groups excluding carboxylic acids is 1. The van der Waals surface area contributed by atoms with Gasteiger partial charge in [-0.15, -0.1) is 0 Å². The highest BCUT2D eigenvalue weighted by Gasteiger charge is 2.19. The molecule has 1 aliphatic carbocycles. The normalized spacial score (nSPS) is 15.1. The van der Waals surface area contributed by atoms with Crippen LogP contribution in [0, 0.1) is 5.92 Å². The summed E-state index contributed by atoms with van der Waals surface area (Å²) in [6.45, 7) is 0.767. The average molecular weight is 319 g/mol. The molecule has 0 unspecified atom stereocenters. The Kier molecular flexibility index (Phi) is 6.26. The van der Waals surface area contributed by atoms with Gasteiger partial charge >= 0.3 is 12.1 Å². The first kappa shape index (κ1) is 17.1. The van der Waals surface area contributed by atoms with Crippen molar-refractivity contribution in [1.29, 1.82) is 0 Å². The zero-order valence-electron chi connectivity index (χ0n) is 13.3. The lowest BCUT2D eigenvalue weighted by Gasteiger charge is -2.26. The van der Waals surface area contributed by atoms with E-state index < -0.39 is 12.1 Å². The maximum absolute atomic E-state index is 11.5. The van der Waals surface area contributed by atoms with E-state index in [1.165, 1.54) is 37.0 Å². The average Bonchev–Trinajstić information content (AvgIpc) is 2.53. The zero-order chi connectivity index (χ0) is 16.7. The molecule has 1 aliphatic rings. The molecule has 0 aliphatic heterocycles. The third-order valence-corrected chi connectivity index (χ3v) is 4.44. The van der Waals surface area contributed by atoms with E-state index in [2.05, 4.69) is 5.32 Å². The summed E-state index contributed by atoms with van der Waals surface area (Å²) in [5.41, 5.74) is 6.47. The summed E-state index contributed by atoms with van der Waals surface area (Å²) in [4.78, 5) is 24.0. The van der Waals surface area contributed by atoms with Gasteiger partial charge in [0.25, 0.3) is 0 Å². The second-order valence-electron chi connectivity index (χ2n) is 6.14. The lowest BCUT2D eigenvalue weighted by atomic mass is 9.87. The minimum absolute atomic E-state index is 0.249. The van der Waals surface area contributed by atoms with Crippen molar-refractivity contribution in [1.82, 2.24) is 4.90 Å². The predicted octanol–water partition coefficient (Wildman–Crippen LogP) is 3.63. The highest BCUT2D eigenvalue weighted by molar-refractivity contribution is 5.88. The number of hydrogen-bond donors (Lipinski definition) is 3. The third-order valence-electron chi connectivity index (χ3n) is 4.44. The summed E-state index contributed by atoms with van der Waals surface area (Å²) in [6, 6.07) is 6.48. The Bertz CT molecular complexity index is 542. The number of nitrogens with two attached hydrogens (primary N) is 1. The Morgan fingerprint density at radius 3 is 2.57 bits per heavy atom. The summed E-state index contributed by atoms with van der Waals surface area (Å²) in [5, 5.41) is 12.0. The van der Waals surface area contributed by atoms with Crippen molar-refractivity contribution in [3.8, 4) is 0 Å². The molecule has 0 atom stereocenters.